The summed E-state index contributed by atoms with van der Waals surface area (Å²) in [4.78, 5) is 148. The lowest BCUT2D eigenvalue weighted by Crippen LogP contribution is -2.43. The average molecular weight is 793 g/mol. The largest absolute Gasteiger partial charge is 0.354 e. The fraction of sp³-hybridized carbons (Fsp3) is 0.812. The third-order valence-electron chi connectivity index (χ3n) is 5.97. The van der Waals surface area contributed by atoms with E-state index in [0.29, 0.717) is 0 Å². The molecule has 0 atom stereocenters. The molecule has 272 valence electrons. The van der Waals surface area contributed by atoms with E-state index < -0.39 is 144 Å². The van der Waals surface area contributed by atoms with Crippen LogP contribution in [0, 0.1) is 0 Å². The Labute approximate surface area is 260 Å². The van der Waals surface area contributed by atoms with Crippen LogP contribution in [-0.2, 0) is 41.8 Å². The third kappa shape index (κ3) is 17.6. The first-order valence-corrected chi connectivity index (χ1v) is 22.6. The van der Waals surface area contributed by atoms with Crippen molar-refractivity contribution < 1.29 is 100 Å². The molecule has 46 heavy (non-hydrogen) atoms. The van der Waals surface area contributed by atoms with E-state index >= 15 is 0 Å². The van der Waals surface area contributed by atoms with Crippen molar-refractivity contribution in [1.29, 1.82) is 0 Å². The Balaban J connectivity index is 5.49. The van der Waals surface area contributed by atoms with E-state index in [1.165, 1.54) is 0 Å². The van der Waals surface area contributed by atoms with Crippen molar-refractivity contribution in [3.05, 3.63) is 0 Å². The van der Waals surface area contributed by atoms with E-state index in [4.69, 9.17) is 39.1 Å². The number of hydrogen-bond acceptors (Lipinski definition) is 9. The molecule has 0 aliphatic carbocycles. The number of carbonyl (C=O) groups excluding carboxylic acids is 3. The molecular formula is C16H37N3O21P6. The lowest BCUT2D eigenvalue weighted by molar-refractivity contribution is -0.132. The lowest BCUT2D eigenvalue weighted by Gasteiger charge is -2.25. The number of nitrogens with zero attached hydrogens (tertiary/aromatic N) is 1. The van der Waals surface area contributed by atoms with Gasteiger partial charge in [-0.25, -0.2) is 0 Å². The van der Waals surface area contributed by atoms with E-state index in [9.17, 15) is 61.3 Å². The van der Waals surface area contributed by atoms with Crippen molar-refractivity contribution in [2.75, 3.05) is 26.2 Å². The molecule has 0 aromatic heterocycles. The summed E-state index contributed by atoms with van der Waals surface area (Å²) in [5.41, 5.74) is 0. The highest BCUT2D eigenvalue weighted by Gasteiger charge is 2.45. The quantitative estimate of drug-likeness (QED) is 0.0531. The Morgan fingerprint density at radius 3 is 0.935 bits per heavy atom. The molecule has 0 aliphatic rings. The number of amides is 3. The minimum atomic E-state index is -5.40. The van der Waals surface area contributed by atoms with Crippen LogP contribution >= 0.6 is 45.6 Å². The summed E-state index contributed by atoms with van der Waals surface area (Å²) < 4.78 is 68.4. The van der Waals surface area contributed by atoms with Crippen molar-refractivity contribution in [2.24, 2.45) is 0 Å². The van der Waals surface area contributed by atoms with Crippen LogP contribution in [0.2, 0.25) is 0 Å². The van der Waals surface area contributed by atoms with Gasteiger partial charge in [0.15, 0.2) is 16.2 Å². The van der Waals surface area contributed by atoms with Gasteiger partial charge in [-0.05, 0) is 19.3 Å². The van der Waals surface area contributed by atoms with Gasteiger partial charge >= 0.3 is 45.6 Å². The van der Waals surface area contributed by atoms with Crippen LogP contribution in [0.1, 0.15) is 38.5 Å². The standard InChI is InChI=1S/C16H37N3O21P6/c20-11(1-4-14(41(23,24)25)42(26,27)28)17-7-9-19(13(22)3-6-16(45(35,36)37)46(38,39)40)10-8-18-12(21)2-5-15(43(29,30)31)44(32,33)34/h14-16H,1-10H2,(H,17,20)(H,18,21)(H2,23,24,25)(H2,26,27,28)(H2,29,30,31)(H2,32,33,34)(H2,35,36,37)(H2,38,39,40). The third-order valence-corrected chi connectivity index (χ3v) is 17.6. The van der Waals surface area contributed by atoms with Crippen LogP contribution in [0.15, 0.2) is 0 Å². The van der Waals surface area contributed by atoms with Gasteiger partial charge < -0.3 is 74.3 Å². The molecule has 0 saturated carbocycles. The molecule has 0 bridgehead atoms. The fourth-order valence-corrected chi connectivity index (χ4v) is 11.2. The molecule has 0 saturated heterocycles. The van der Waals surface area contributed by atoms with Gasteiger partial charge in [0.25, 0.3) is 0 Å². The minimum absolute atomic E-state index is 0.457. The average Bonchev–Trinajstić information content (AvgIpc) is 2.77. The minimum Gasteiger partial charge on any atom is -0.354 e. The maximum absolute atomic E-state index is 12.8. The van der Waals surface area contributed by atoms with Gasteiger partial charge in [-0.15, -0.1) is 0 Å². The molecule has 0 aromatic rings. The monoisotopic (exact) mass is 793 g/mol. The van der Waals surface area contributed by atoms with Gasteiger partial charge in [0, 0.05) is 45.4 Å². The first-order valence-electron chi connectivity index (χ1n) is 12.5. The Bertz CT molecular complexity index is 1220. The van der Waals surface area contributed by atoms with E-state index in [2.05, 4.69) is 10.6 Å². The summed E-state index contributed by atoms with van der Waals surface area (Å²) in [7, 11) is -32.1. The molecule has 0 unspecified atom stereocenters. The summed E-state index contributed by atoms with van der Waals surface area (Å²) in [6.07, 6.45) is -5.34. The lowest BCUT2D eigenvalue weighted by atomic mass is 10.2. The van der Waals surface area contributed by atoms with Crippen molar-refractivity contribution in [3.63, 3.8) is 0 Å². The number of rotatable bonds is 21. The van der Waals surface area contributed by atoms with Gasteiger partial charge in [0.2, 0.25) is 17.7 Å². The van der Waals surface area contributed by atoms with Crippen molar-refractivity contribution in [3.8, 4) is 0 Å². The SMILES string of the molecule is O=C(CCC(P(=O)(O)O)P(=O)(O)O)NCCN(CCNC(=O)CCC(P(=O)(O)O)P(=O)(O)O)C(=O)CCC(P(=O)(O)O)P(=O)(O)O. The van der Waals surface area contributed by atoms with Crippen LogP contribution in [0.4, 0.5) is 0 Å². The number of hydrogen-bond donors (Lipinski definition) is 14. The van der Waals surface area contributed by atoms with Crippen LogP contribution in [0.5, 0.6) is 0 Å². The van der Waals surface area contributed by atoms with E-state index in [1.807, 2.05) is 0 Å². The summed E-state index contributed by atoms with van der Waals surface area (Å²) in [6, 6.07) is 0. The van der Waals surface area contributed by atoms with E-state index in [0.717, 1.165) is 4.90 Å². The molecule has 3 amide bonds. The molecule has 0 heterocycles. The zero-order chi connectivity index (χ0) is 36.5. The summed E-state index contributed by atoms with van der Waals surface area (Å²) in [6.45, 7) is -1.84. The van der Waals surface area contributed by atoms with Crippen LogP contribution in [0.25, 0.3) is 0 Å². The Kier molecular flexibility index (Phi) is 17.5. The highest BCUT2D eigenvalue weighted by molar-refractivity contribution is 7.71. The predicted molar refractivity (Wildman–Crippen MR) is 154 cm³/mol. The zero-order valence-electron chi connectivity index (χ0n) is 23.5. The number of nitrogens with one attached hydrogen (secondary N) is 2. The number of carbonyl (C=O) groups is 3. The van der Waals surface area contributed by atoms with Gasteiger partial charge in [0.05, 0.1) is 0 Å². The zero-order valence-corrected chi connectivity index (χ0v) is 28.8. The second kappa shape index (κ2) is 17.8. The maximum atomic E-state index is 12.8. The van der Waals surface area contributed by atoms with Gasteiger partial charge in [-0.2, -0.15) is 0 Å². The van der Waals surface area contributed by atoms with Crippen LogP contribution < -0.4 is 10.6 Å². The molecule has 0 aliphatic heterocycles. The van der Waals surface area contributed by atoms with E-state index in [1.54, 1.807) is 0 Å². The fourth-order valence-electron chi connectivity index (χ4n) is 3.73. The van der Waals surface area contributed by atoms with Gasteiger partial charge in [-0.1, -0.05) is 0 Å². The van der Waals surface area contributed by atoms with Crippen molar-refractivity contribution >= 4 is 63.3 Å². The Hall–Kier alpha value is -0.690. The van der Waals surface area contributed by atoms with E-state index in [-0.39, 0.29) is 0 Å². The Morgan fingerprint density at radius 1 is 0.457 bits per heavy atom. The van der Waals surface area contributed by atoms with Gasteiger partial charge in [0.1, 0.15) is 0 Å². The summed E-state index contributed by atoms with van der Waals surface area (Å²) >= 11 is 0. The van der Waals surface area contributed by atoms with Crippen molar-refractivity contribution in [2.45, 2.75) is 54.7 Å². The highest BCUT2D eigenvalue weighted by Crippen LogP contribution is 2.63. The molecular weight excluding hydrogens is 756 g/mol. The molecule has 0 fully saturated rings. The predicted octanol–water partition coefficient (Wildman–Crippen LogP) is -2.57. The highest BCUT2D eigenvalue weighted by atomic mass is 31.2. The second-order valence-corrected chi connectivity index (χ2v) is 21.7. The summed E-state index contributed by atoms with van der Waals surface area (Å²) in [5.74, 6) is -2.98. The Morgan fingerprint density at radius 2 is 0.696 bits per heavy atom. The van der Waals surface area contributed by atoms with Crippen LogP contribution in [0.3, 0.4) is 0 Å². The van der Waals surface area contributed by atoms with Gasteiger partial charge in [-0.3, -0.25) is 41.8 Å². The van der Waals surface area contributed by atoms with Crippen LogP contribution in [-0.4, -0.2) is 124 Å². The summed E-state index contributed by atoms with van der Waals surface area (Å²) in [5, 5.41) is -3.13. The molecule has 0 spiro atoms. The second-order valence-electron chi connectivity index (χ2n) is 9.67. The molecule has 24 nitrogen and oxygen atoms in total. The molecule has 14 N–H and O–H groups in total. The first kappa shape index (κ1) is 45.3. The first-order chi connectivity index (χ1) is 20.4. The molecule has 0 rings (SSSR count). The molecule has 0 aromatic carbocycles. The van der Waals surface area contributed by atoms with Crippen molar-refractivity contribution in [1.82, 2.24) is 15.5 Å². The molecule has 0 radical (unpaired) electrons. The smallest absolute Gasteiger partial charge is 0.340 e. The maximum Gasteiger partial charge on any atom is 0.340 e. The normalized spacial score (nSPS) is 13.7. The molecule has 30 heteroatoms. The topological polar surface area (TPSA) is 424 Å².